The van der Waals surface area contributed by atoms with Gasteiger partial charge in [0.15, 0.2) is 0 Å². The minimum Gasteiger partial charge on any atom is -0.467 e. The number of methoxy groups -OCH3 is 1. The largest absolute Gasteiger partial charge is 0.467 e. The molecular formula is C15H21N3O3. The van der Waals surface area contributed by atoms with Crippen LogP contribution in [0, 0.1) is 13.8 Å². The second-order valence-electron chi connectivity index (χ2n) is 5.23. The van der Waals surface area contributed by atoms with Gasteiger partial charge in [0.05, 0.1) is 36.3 Å². The number of ether oxygens (including phenoxy) is 1. The number of rotatable bonds is 5. The standard InChI is InChI=1S/C15H21N3O3/c1-9(2)18-11(4)14(10(3)17-18)16-7-13-6-12(8-21-13)15(19)20-5/h6,8-9,16H,7H2,1-5H3. The Kier molecular flexibility index (Phi) is 4.35. The third-order valence-corrected chi connectivity index (χ3v) is 3.33. The molecule has 0 radical (unpaired) electrons. The number of nitrogens with one attached hydrogen (secondary N) is 1. The Morgan fingerprint density at radius 3 is 2.76 bits per heavy atom. The normalized spacial score (nSPS) is 11.0. The summed E-state index contributed by atoms with van der Waals surface area (Å²) in [7, 11) is 1.35. The highest BCUT2D eigenvalue weighted by Gasteiger charge is 2.14. The number of aromatic nitrogens is 2. The first-order valence-corrected chi connectivity index (χ1v) is 6.89. The first kappa shape index (κ1) is 15.2. The third-order valence-electron chi connectivity index (χ3n) is 3.33. The maximum Gasteiger partial charge on any atom is 0.341 e. The molecule has 0 aliphatic carbocycles. The quantitative estimate of drug-likeness (QED) is 0.857. The van der Waals surface area contributed by atoms with Crippen LogP contribution in [0.2, 0.25) is 0 Å². The Balaban J connectivity index is 2.10. The minimum absolute atomic E-state index is 0.314. The van der Waals surface area contributed by atoms with Gasteiger partial charge >= 0.3 is 5.97 Å². The molecule has 0 aliphatic heterocycles. The average molecular weight is 291 g/mol. The van der Waals surface area contributed by atoms with Crippen molar-refractivity contribution in [1.29, 1.82) is 0 Å². The minimum atomic E-state index is -0.398. The van der Waals surface area contributed by atoms with Gasteiger partial charge in [-0.25, -0.2) is 4.79 Å². The molecule has 2 aromatic rings. The highest BCUT2D eigenvalue weighted by Crippen LogP contribution is 2.23. The van der Waals surface area contributed by atoms with E-state index >= 15 is 0 Å². The Hall–Kier alpha value is -2.24. The van der Waals surface area contributed by atoms with Gasteiger partial charge in [-0.05, 0) is 33.8 Å². The van der Waals surface area contributed by atoms with Crippen molar-refractivity contribution in [2.75, 3.05) is 12.4 Å². The molecule has 0 spiro atoms. The molecule has 0 saturated carbocycles. The van der Waals surface area contributed by atoms with Gasteiger partial charge in [-0.1, -0.05) is 0 Å². The van der Waals surface area contributed by atoms with Crippen molar-refractivity contribution < 1.29 is 13.9 Å². The summed E-state index contributed by atoms with van der Waals surface area (Å²) in [6, 6.07) is 1.99. The maximum absolute atomic E-state index is 11.4. The number of carbonyl (C=O) groups is 1. The van der Waals surface area contributed by atoms with Gasteiger partial charge in [0, 0.05) is 6.04 Å². The smallest absolute Gasteiger partial charge is 0.341 e. The molecule has 0 aromatic carbocycles. The van der Waals surface area contributed by atoms with Gasteiger partial charge in [0.2, 0.25) is 0 Å². The van der Waals surface area contributed by atoms with Crippen LogP contribution < -0.4 is 5.32 Å². The number of nitrogens with zero attached hydrogens (tertiary/aromatic N) is 2. The molecule has 2 heterocycles. The Morgan fingerprint density at radius 2 is 2.19 bits per heavy atom. The summed E-state index contributed by atoms with van der Waals surface area (Å²) >= 11 is 0. The fraction of sp³-hybridized carbons (Fsp3) is 0.467. The second-order valence-corrected chi connectivity index (χ2v) is 5.23. The summed E-state index contributed by atoms with van der Waals surface area (Å²) in [6.07, 6.45) is 1.40. The Labute approximate surface area is 124 Å². The van der Waals surface area contributed by atoms with Gasteiger partial charge in [-0.3, -0.25) is 4.68 Å². The van der Waals surface area contributed by atoms with Crippen LogP contribution >= 0.6 is 0 Å². The summed E-state index contributed by atoms with van der Waals surface area (Å²) in [4.78, 5) is 11.4. The number of hydrogen-bond acceptors (Lipinski definition) is 5. The van der Waals surface area contributed by atoms with Crippen LogP contribution in [0.15, 0.2) is 16.7 Å². The van der Waals surface area contributed by atoms with Crippen molar-refractivity contribution in [2.45, 2.75) is 40.3 Å². The molecule has 0 amide bonds. The van der Waals surface area contributed by atoms with Crippen LogP contribution in [-0.2, 0) is 11.3 Å². The zero-order valence-electron chi connectivity index (χ0n) is 13.1. The molecule has 2 rings (SSSR count). The van der Waals surface area contributed by atoms with Gasteiger partial charge in [0.25, 0.3) is 0 Å². The van der Waals surface area contributed by atoms with E-state index in [1.54, 1.807) is 6.07 Å². The summed E-state index contributed by atoms with van der Waals surface area (Å²) in [5.41, 5.74) is 3.45. The fourth-order valence-corrected chi connectivity index (χ4v) is 2.30. The van der Waals surface area contributed by atoms with E-state index in [1.165, 1.54) is 13.4 Å². The molecule has 0 unspecified atom stereocenters. The molecule has 21 heavy (non-hydrogen) atoms. The molecule has 0 fully saturated rings. The van der Waals surface area contributed by atoms with E-state index in [-0.39, 0.29) is 0 Å². The molecule has 0 atom stereocenters. The molecule has 2 aromatic heterocycles. The molecular weight excluding hydrogens is 270 g/mol. The molecule has 114 valence electrons. The predicted octanol–water partition coefficient (Wildman–Crippen LogP) is 3.07. The molecule has 0 bridgehead atoms. The Morgan fingerprint density at radius 1 is 1.48 bits per heavy atom. The van der Waals surface area contributed by atoms with Crippen molar-refractivity contribution in [3.8, 4) is 0 Å². The van der Waals surface area contributed by atoms with Crippen molar-refractivity contribution in [1.82, 2.24) is 9.78 Å². The molecule has 6 nitrogen and oxygen atoms in total. The first-order chi connectivity index (χ1) is 9.93. The number of anilines is 1. The van der Waals surface area contributed by atoms with E-state index in [1.807, 2.05) is 18.5 Å². The highest BCUT2D eigenvalue weighted by molar-refractivity contribution is 5.89. The van der Waals surface area contributed by atoms with E-state index < -0.39 is 5.97 Å². The van der Waals surface area contributed by atoms with E-state index in [2.05, 4.69) is 29.0 Å². The van der Waals surface area contributed by atoms with E-state index in [4.69, 9.17) is 4.42 Å². The lowest BCUT2D eigenvalue weighted by Gasteiger charge is -2.09. The molecule has 1 N–H and O–H groups in total. The highest BCUT2D eigenvalue weighted by atomic mass is 16.5. The van der Waals surface area contributed by atoms with Crippen molar-refractivity contribution in [3.63, 3.8) is 0 Å². The van der Waals surface area contributed by atoms with Crippen LogP contribution in [-0.4, -0.2) is 22.9 Å². The van der Waals surface area contributed by atoms with Crippen LogP contribution in [0.5, 0.6) is 0 Å². The van der Waals surface area contributed by atoms with Gasteiger partial charge in [-0.15, -0.1) is 0 Å². The number of furan rings is 1. The summed E-state index contributed by atoms with van der Waals surface area (Å²) in [5, 5.41) is 7.83. The maximum atomic E-state index is 11.4. The zero-order valence-corrected chi connectivity index (χ0v) is 13.1. The van der Waals surface area contributed by atoms with Crippen LogP contribution in [0.1, 0.15) is 47.4 Å². The van der Waals surface area contributed by atoms with E-state index in [9.17, 15) is 4.79 Å². The molecule has 0 saturated heterocycles. The van der Waals surface area contributed by atoms with Gasteiger partial charge < -0.3 is 14.5 Å². The number of hydrogen-bond donors (Lipinski definition) is 1. The monoisotopic (exact) mass is 291 g/mol. The van der Waals surface area contributed by atoms with Crippen LogP contribution in [0.3, 0.4) is 0 Å². The van der Waals surface area contributed by atoms with Gasteiger partial charge in [0.1, 0.15) is 12.0 Å². The van der Waals surface area contributed by atoms with Crippen molar-refractivity contribution in [3.05, 3.63) is 35.0 Å². The predicted molar refractivity (Wildman–Crippen MR) is 79.5 cm³/mol. The second kappa shape index (κ2) is 6.03. The Bertz CT molecular complexity index is 641. The summed E-state index contributed by atoms with van der Waals surface area (Å²) < 4.78 is 12.0. The fourth-order valence-electron chi connectivity index (χ4n) is 2.30. The number of carbonyl (C=O) groups excluding carboxylic acids is 1. The number of esters is 1. The van der Waals surface area contributed by atoms with Crippen molar-refractivity contribution in [2.24, 2.45) is 0 Å². The lowest BCUT2D eigenvalue weighted by atomic mass is 10.2. The van der Waals surface area contributed by atoms with Crippen LogP contribution in [0.4, 0.5) is 5.69 Å². The van der Waals surface area contributed by atoms with Crippen LogP contribution in [0.25, 0.3) is 0 Å². The summed E-state index contributed by atoms with van der Waals surface area (Å²) in [6.45, 7) is 8.68. The van der Waals surface area contributed by atoms with E-state index in [0.29, 0.717) is 23.9 Å². The number of aryl methyl sites for hydroxylation is 1. The topological polar surface area (TPSA) is 69.3 Å². The lowest BCUT2D eigenvalue weighted by molar-refractivity contribution is 0.0600. The molecule has 6 heteroatoms. The summed E-state index contributed by atoms with van der Waals surface area (Å²) in [5.74, 6) is 0.275. The third kappa shape index (κ3) is 3.09. The SMILES string of the molecule is COC(=O)c1coc(CNc2c(C)nn(C(C)C)c2C)c1. The van der Waals surface area contributed by atoms with Gasteiger partial charge in [-0.2, -0.15) is 5.10 Å². The average Bonchev–Trinajstić information content (AvgIpc) is 3.02. The first-order valence-electron chi connectivity index (χ1n) is 6.89. The van der Waals surface area contributed by atoms with E-state index in [0.717, 1.165) is 17.1 Å². The zero-order chi connectivity index (χ0) is 15.6. The van der Waals surface area contributed by atoms with Crippen molar-refractivity contribution >= 4 is 11.7 Å². The molecule has 0 aliphatic rings. The lowest BCUT2D eigenvalue weighted by Crippen LogP contribution is -2.06.